The molecule has 2 heteroatoms. The molecule has 0 aromatic heterocycles. The highest BCUT2D eigenvalue weighted by molar-refractivity contribution is 5.74. The molecule has 0 saturated heterocycles. The van der Waals surface area contributed by atoms with Gasteiger partial charge in [-0.3, -0.25) is 4.79 Å². The number of carboxylic acids is 1. The fourth-order valence-electron chi connectivity index (χ4n) is 2.81. The van der Waals surface area contributed by atoms with Crippen molar-refractivity contribution in [1.82, 2.24) is 0 Å². The molecule has 1 saturated carbocycles. The first-order chi connectivity index (χ1) is 8.10. The van der Waals surface area contributed by atoms with Crippen molar-refractivity contribution >= 4 is 5.97 Å². The molecule has 1 fully saturated rings. The molecule has 1 aliphatic carbocycles. The van der Waals surface area contributed by atoms with Gasteiger partial charge in [0.25, 0.3) is 0 Å². The maximum Gasteiger partial charge on any atom is 0.309 e. The summed E-state index contributed by atoms with van der Waals surface area (Å²) in [6.07, 6.45) is 11.1. The van der Waals surface area contributed by atoms with Crippen LogP contribution in [0.1, 0.15) is 64.7 Å². The number of rotatable bonds is 7. The molecule has 0 unspecified atom stereocenters. The second kappa shape index (κ2) is 6.83. The lowest BCUT2D eigenvalue weighted by atomic mass is 9.68. The standard InChI is InChI=1S/C15H26O2/c1-3-4-5-6-7-10-15(14(16)17)11-8-13(2)9-12-15/h3,13H,1,4-12H2,2H3,(H,16,17). The average Bonchev–Trinajstić information content (AvgIpc) is 2.31. The van der Waals surface area contributed by atoms with E-state index in [1.54, 1.807) is 0 Å². The average molecular weight is 238 g/mol. The summed E-state index contributed by atoms with van der Waals surface area (Å²) in [7, 11) is 0. The molecular formula is C15H26O2. The van der Waals surface area contributed by atoms with Gasteiger partial charge in [0.05, 0.1) is 5.41 Å². The van der Waals surface area contributed by atoms with Crippen LogP contribution in [-0.2, 0) is 4.79 Å². The molecule has 98 valence electrons. The van der Waals surface area contributed by atoms with Crippen molar-refractivity contribution in [2.45, 2.75) is 64.7 Å². The first-order valence-corrected chi connectivity index (χ1v) is 6.95. The topological polar surface area (TPSA) is 37.3 Å². The van der Waals surface area contributed by atoms with Gasteiger partial charge in [-0.15, -0.1) is 6.58 Å². The van der Waals surface area contributed by atoms with Gasteiger partial charge in [0.1, 0.15) is 0 Å². The van der Waals surface area contributed by atoms with E-state index < -0.39 is 11.4 Å². The van der Waals surface area contributed by atoms with E-state index in [2.05, 4.69) is 13.5 Å². The Hall–Kier alpha value is -0.790. The number of hydrogen-bond acceptors (Lipinski definition) is 1. The highest BCUT2D eigenvalue weighted by atomic mass is 16.4. The number of hydrogen-bond donors (Lipinski definition) is 1. The lowest BCUT2D eigenvalue weighted by molar-refractivity contribution is -0.152. The molecule has 0 aromatic carbocycles. The zero-order valence-corrected chi connectivity index (χ0v) is 11.1. The van der Waals surface area contributed by atoms with Gasteiger partial charge in [-0.05, 0) is 50.9 Å². The van der Waals surface area contributed by atoms with Crippen LogP contribution < -0.4 is 0 Å². The number of unbranched alkanes of at least 4 members (excludes halogenated alkanes) is 3. The van der Waals surface area contributed by atoms with Gasteiger partial charge >= 0.3 is 5.97 Å². The van der Waals surface area contributed by atoms with E-state index in [9.17, 15) is 9.90 Å². The molecule has 0 aromatic rings. The molecule has 0 aliphatic heterocycles. The third kappa shape index (κ3) is 4.18. The summed E-state index contributed by atoms with van der Waals surface area (Å²) < 4.78 is 0. The van der Waals surface area contributed by atoms with Crippen LogP contribution in [-0.4, -0.2) is 11.1 Å². The molecule has 0 spiro atoms. The van der Waals surface area contributed by atoms with E-state index in [1.165, 1.54) is 0 Å². The van der Waals surface area contributed by atoms with E-state index in [1.807, 2.05) is 6.08 Å². The van der Waals surface area contributed by atoms with Gasteiger partial charge in [-0.2, -0.15) is 0 Å². The molecular weight excluding hydrogens is 212 g/mol. The highest BCUT2D eigenvalue weighted by Crippen LogP contribution is 2.42. The van der Waals surface area contributed by atoms with Crippen LogP contribution in [0, 0.1) is 11.3 Å². The smallest absolute Gasteiger partial charge is 0.309 e. The summed E-state index contributed by atoms with van der Waals surface area (Å²) in [4.78, 5) is 11.5. The van der Waals surface area contributed by atoms with Crippen molar-refractivity contribution in [2.24, 2.45) is 11.3 Å². The minimum Gasteiger partial charge on any atom is -0.481 e. The van der Waals surface area contributed by atoms with Crippen molar-refractivity contribution in [3.05, 3.63) is 12.7 Å². The molecule has 0 heterocycles. The fourth-order valence-corrected chi connectivity index (χ4v) is 2.81. The van der Waals surface area contributed by atoms with Crippen LogP contribution in [0.5, 0.6) is 0 Å². The molecule has 17 heavy (non-hydrogen) atoms. The lowest BCUT2D eigenvalue weighted by Gasteiger charge is -2.35. The van der Waals surface area contributed by atoms with Crippen molar-refractivity contribution in [3.63, 3.8) is 0 Å². The Balaban J connectivity index is 2.38. The Labute approximate surface area is 105 Å². The maximum absolute atomic E-state index is 11.5. The van der Waals surface area contributed by atoms with E-state index in [-0.39, 0.29) is 0 Å². The zero-order valence-electron chi connectivity index (χ0n) is 11.1. The van der Waals surface area contributed by atoms with E-state index in [0.29, 0.717) is 5.92 Å². The Bertz CT molecular complexity index is 250. The largest absolute Gasteiger partial charge is 0.481 e. The Morgan fingerprint density at radius 2 is 2.00 bits per heavy atom. The normalized spacial score (nSPS) is 28.9. The van der Waals surface area contributed by atoms with Crippen LogP contribution in [0.3, 0.4) is 0 Å². The van der Waals surface area contributed by atoms with Crippen LogP contribution >= 0.6 is 0 Å². The number of carbonyl (C=O) groups is 1. The molecule has 2 nitrogen and oxygen atoms in total. The molecule has 1 rings (SSSR count). The first kappa shape index (κ1) is 14.3. The van der Waals surface area contributed by atoms with E-state index in [0.717, 1.165) is 57.8 Å². The SMILES string of the molecule is C=CCCCCCC1(C(=O)O)CCC(C)CC1. The Kier molecular flexibility index (Phi) is 5.73. The molecule has 0 bridgehead atoms. The van der Waals surface area contributed by atoms with Gasteiger partial charge in [0.2, 0.25) is 0 Å². The van der Waals surface area contributed by atoms with Gasteiger partial charge in [0, 0.05) is 0 Å². The molecule has 1 aliphatic rings. The summed E-state index contributed by atoms with van der Waals surface area (Å²) in [6.45, 7) is 5.94. The van der Waals surface area contributed by atoms with Crippen LogP contribution in [0.25, 0.3) is 0 Å². The minimum absolute atomic E-state index is 0.402. The van der Waals surface area contributed by atoms with Crippen molar-refractivity contribution in [3.8, 4) is 0 Å². The predicted octanol–water partition coefficient (Wildman–Crippen LogP) is 4.40. The molecule has 0 atom stereocenters. The number of aliphatic carboxylic acids is 1. The van der Waals surface area contributed by atoms with Crippen molar-refractivity contribution < 1.29 is 9.90 Å². The van der Waals surface area contributed by atoms with Gasteiger partial charge < -0.3 is 5.11 Å². The minimum atomic E-state index is -0.562. The molecule has 1 N–H and O–H groups in total. The Morgan fingerprint density at radius 1 is 1.35 bits per heavy atom. The summed E-state index contributed by atoms with van der Waals surface area (Å²) in [5.41, 5.74) is -0.402. The molecule has 0 radical (unpaired) electrons. The second-order valence-corrected chi connectivity index (χ2v) is 5.66. The summed E-state index contributed by atoms with van der Waals surface area (Å²) in [6, 6.07) is 0. The van der Waals surface area contributed by atoms with Gasteiger partial charge in [-0.25, -0.2) is 0 Å². The number of allylic oxidation sites excluding steroid dienone is 1. The predicted molar refractivity (Wildman–Crippen MR) is 71.0 cm³/mol. The van der Waals surface area contributed by atoms with Crippen LogP contribution in [0.15, 0.2) is 12.7 Å². The van der Waals surface area contributed by atoms with E-state index in [4.69, 9.17) is 0 Å². The maximum atomic E-state index is 11.5. The third-order valence-corrected chi connectivity index (χ3v) is 4.25. The second-order valence-electron chi connectivity index (χ2n) is 5.66. The quantitative estimate of drug-likeness (QED) is 0.527. The van der Waals surface area contributed by atoms with Crippen molar-refractivity contribution in [2.75, 3.05) is 0 Å². The Morgan fingerprint density at radius 3 is 2.53 bits per heavy atom. The van der Waals surface area contributed by atoms with Gasteiger partial charge in [0.15, 0.2) is 0 Å². The summed E-state index contributed by atoms with van der Waals surface area (Å²) >= 11 is 0. The van der Waals surface area contributed by atoms with Crippen molar-refractivity contribution in [1.29, 1.82) is 0 Å². The summed E-state index contributed by atoms with van der Waals surface area (Å²) in [5.74, 6) is 0.149. The number of carboxylic acid groups (broad SMARTS) is 1. The first-order valence-electron chi connectivity index (χ1n) is 6.95. The fraction of sp³-hybridized carbons (Fsp3) is 0.800. The van der Waals surface area contributed by atoms with Crippen LogP contribution in [0.4, 0.5) is 0 Å². The lowest BCUT2D eigenvalue weighted by Crippen LogP contribution is -2.35. The zero-order chi connectivity index (χ0) is 12.7. The van der Waals surface area contributed by atoms with Gasteiger partial charge in [-0.1, -0.05) is 25.8 Å². The monoisotopic (exact) mass is 238 g/mol. The highest BCUT2D eigenvalue weighted by Gasteiger charge is 2.40. The summed E-state index contributed by atoms with van der Waals surface area (Å²) in [5, 5.41) is 9.46. The van der Waals surface area contributed by atoms with Crippen LogP contribution in [0.2, 0.25) is 0 Å². The third-order valence-electron chi connectivity index (χ3n) is 4.25. The van der Waals surface area contributed by atoms with E-state index >= 15 is 0 Å². The molecule has 0 amide bonds.